The molecule has 0 aliphatic carbocycles. The quantitative estimate of drug-likeness (QED) is 0.419. The molecule has 130 valence electrons. The number of aromatic nitrogens is 4. The highest BCUT2D eigenvalue weighted by molar-refractivity contribution is 7.71. The molecule has 0 aliphatic heterocycles. The van der Waals surface area contributed by atoms with E-state index in [0.29, 0.717) is 14.8 Å². The van der Waals surface area contributed by atoms with Crippen molar-refractivity contribution in [1.29, 1.82) is 0 Å². The van der Waals surface area contributed by atoms with Gasteiger partial charge in [0.05, 0.1) is 16.2 Å². The van der Waals surface area contributed by atoms with Gasteiger partial charge in [-0.3, -0.25) is 5.10 Å². The van der Waals surface area contributed by atoms with Crippen LogP contribution in [-0.2, 0) is 6.54 Å². The average molecular weight is 401 g/mol. The second-order valence-electron chi connectivity index (χ2n) is 5.79. The molecule has 0 radical (unpaired) electrons. The molecule has 0 saturated carbocycles. The van der Waals surface area contributed by atoms with Gasteiger partial charge in [-0.05, 0) is 49.5 Å². The summed E-state index contributed by atoms with van der Waals surface area (Å²) in [6, 6.07) is 15.4. The van der Waals surface area contributed by atoms with E-state index in [1.165, 1.54) is 0 Å². The second kappa shape index (κ2) is 6.83. The molecular weight excluding hydrogens is 387 g/mol. The molecule has 2 aromatic heterocycles. The monoisotopic (exact) mass is 400 g/mol. The lowest BCUT2D eigenvalue weighted by Crippen LogP contribution is -1.99. The summed E-state index contributed by atoms with van der Waals surface area (Å²) in [5.41, 5.74) is 3.39. The molecular formula is C19H14Cl2N4S. The molecule has 0 unspecified atom stereocenters. The molecule has 26 heavy (non-hydrogen) atoms. The number of para-hydroxylation sites is 1. The molecule has 0 bridgehead atoms. The first-order chi connectivity index (χ1) is 12.6. The van der Waals surface area contributed by atoms with Crippen LogP contribution in [0.2, 0.25) is 10.0 Å². The number of nitrogens with zero attached hydrogens (tertiary/aromatic N) is 3. The van der Waals surface area contributed by atoms with Gasteiger partial charge < -0.3 is 4.57 Å². The molecule has 2 aromatic carbocycles. The van der Waals surface area contributed by atoms with Crippen molar-refractivity contribution in [2.75, 3.05) is 0 Å². The highest BCUT2D eigenvalue weighted by atomic mass is 35.5. The van der Waals surface area contributed by atoms with Crippen LogP contribution in [0, 0.1) is 4.77 Å². The lowest BCUT2D eigenvalue weighted by molar-refractivity contribution is 0.756. The Hall–Kier alpha value is -2.21. The van der Waals surface area contributed by atoms with E-state index in [9.17, 15) is 0 Å². The van der Waals surface area contributed by atoms with Crippen molar-refractivity contribution < 1.29 is 0 Å². The van der Waals surface area contributed by atoms with Crippen LogP contribution in [0.5, 0.6) is 0 Å². The Kier molecular flexibility index (Phi) is 4.53. The number of halogens is 2. The molecule has 7 heteroatoms. The van der Waals surface area contributed by atoms with E-state index < -0.39 is 0 Å². The normalized spacial score (nSPS) is 11.2. The Balaban J connectivity index is 2.04. The third-order valence-electron chi connectivity index (χ3n) is 4.24. The van der Waals surface area contributed by atoms with Crippen LogP contribution in [0.1, 0.15) is 6.92 Å². The topological polar surface area (TPSA) is 46.5 Å². The molecule has 0 fully saturated rings. The van der Waals surface area contributed by atoms with Crippen LogP contribution in [0.3, 0.4) is 0 Å². The predicted octanol–water partition coefficient (Wildman–Crippen LogP) is 6.15. The summed E-state index contributed by atoms with van der Waals surface area (Å²) in [4.78, 5) is 4.78. The number of pyridine rings is 1. The fourth-order valence-electron chi connectivity index (χ4n) is 3.01. The zero-order valence-electron chi connectivity index (χ0n) is 13.8. The summed E-state index contributed by atoms with van der Waals surface area (Å²) >= 11 is 17.8. The van der Waals surface area contributed by atoms with E-state index in [2.05, 4.69) is 10.2 Å². The van der Waals surface area contributed by atoms with Crippen molar-refractivity contribution >= 4 is 46.3 Å². The third kappa shape index (κ3) is 2.92. The Bertz CT molecular complexity index is 1180. The number of fused-ring (bicyclic) bond motifs is 1. The maximum Gasteiger partial charge on any atom is 0.195 e. The van der Waals surface area contributed by atoms with Crippen molar-refractivity contribution in [1.82, 2.24) is 19.7 Å². The minimum Gasteiger partial charge on any atom is -0.300 e. The van der Waals surface area contributed by atoms with Crippen LogP contribution >= 0.6 is 35.4 Å². The summed E-state index contributed by atoms with van der Waals surface area (Å²) in [5.74, 6) is 0.780. The molecule has 4 rings (SSSR count). The van der Waals surface area contributed by atoms with Gasteiger partial charge >= 0.3 is 0 Å². The van der Waals surface area contributed by atoms with Gasteiger partial charge in [0.25, 0.3) is 0 Å². The highest BCUT2D eigenvalue weighted by Crippen LogP contribution is 2.34. The first-order valence-electron chi connectivity index (χ1n) is 8.09. The zero-order valence-corrected chi connectivity index (χ0v) is 16.2. The van der Waals surface area contributed by atoms with Gasteiger partial charge in [0.1, 0.15) is 0 Å². The number of benzene rings is 2. The van der Waals surface area contributed by atoms with E-state index in [-0.39, 0.29) is 0 Å². The van der Waals surface area contributed by atoms with Crippen LogP contribution in [-0.4, -0.2) is 19.7 Å². The smallest absolute Gasteiger partial charge is 0.195 e. The minimum absolute atomic E-state index is 0.556. The molecule has 0 saturated heterocycles. The third-order valence-corrected chi connectivity index (χ3v) is 5.10. The Morgan fingerprint density at radius 2 is 1.88 bits per heavy atom. The molecule has 0 spiro atoms. The summed E-state index contributed by atoms with van der Waals surface area (Å²) in [6.07, 6.45) is 0. The number of rotatable bonds is 3. The van der Waals surface area contributed by atoms with Crippen molar-refractivity contribution in [3.05, 3.63) is 63.3 Å². The molecule has 0 atom stereocenters. The lowest BCUT2D eigenvalue weighted by Gasteiger charge is -2.11. The SMILES string of the molecule is CCn1c(-c2cc(-c3ccc(Cl)cc3Cl)nc3ccccc23)n[nH]c1=S. The summed E-state index contributed by atoms with van der Waals surface area (Å²) in [5, 5.41) is 9.47. The molecule has 2 heterocycles. The van der Waals surface area contributed by atoms with Crippen LogP contribution in [0.15, 0.2) is 48.5 Å². The van der Waals surface area contributed by atoms with Crippen molar-refractivity contribution in [2.24, 2.45) is 0 Å². The van der Waals surface area contributed by atoms with Crippen molar-refractivity contribution in [3.63, 3.8) is 0 Å². The van der Waals surface area contributed by atoms with Gasteiger partial charge in [-0.25, -0.2) is 4.98 Å². The van der Waals surface area contributed by atoms with E-state index in [1.54, 1.807) is 12.1 Å². The number of hydrogen-bond donors (Lipinski definition) is 1. The minimum atomic E-state index is 0.556. The number of hydrogen-bond acceptors (Lipinski definition) is 3. The van der Waals surface area contributed by atoms with Gasteiger partial charge in [0, 0.05) is 28.1 Å². The molecule has 0 amide bonds. The van der Waals surface area contributed by atoms with E-state index in [0.717, 1.165) is 40.1 Å². The fraction of sp³-hybridized carbons (Fsp3) is 0.105. The summed E-state index contributed by atoms with van der Waals surface area (Å²) < 4.78 is 2.55. The summed E-state index contributed by atoms with van der Waals surface area (Å²) in [7, 11) is 0. The first-order valence-corrected chi connectivity index (χ1v) is 9.25. The van der Waals surface area contributed by atoms with E-state index in [4.69, 9.17) is 40.4 Å². The van der Waals surface area contributed by atoms with Crippen molar-refractivity contribution in [2.45, 2.75) is 13.5 Å². The molecule has 1 N–H and O–H groups in total. The Labute approximate surface area is 165 Å². The highest BCUT2D eigenvalue weighted by Gasteiger charge is 2.15. The molecule has 4 nitrogen and oxygen atoms in total. The van der Waals surface area contributed by atoms with E-state index >= 15 is 0 Å². The van der Waals surface area contributed by atoms with Gasteiger partial charge in [0.15, 0.2) is 10.6 Å². The largest absolute Gasteiger partial charge is 0.300 e. The van der Waals surface area contributed by atoms with Crippen LogP contribution in [0.25, 0.3) is 33.5 Å². The first kappa shape index (κ1) is 17.2. The number of H-pyrrole nitrogens is 1. The average Bonchev–Trinajstić information content (AvgIpc) is 3.01. The Morgan fingerprint density at radius 1 is 1.08 bits per heavy atom. The molecule has 0 aliphatic rings. The van der Waals surface area contributed by atoms with Gasteiger partial charge in [-0.2, -0.15) is 5.10 Å². The van der Waals surface area contributed by atoms with Gasteiger partial charge in [0.2, 0.25) is 0 Å². The predicted molar refractivity (Wildman–Crippen MR) is 109 cm³/mol. The van der Waals surface area contributed by atoms with Crippen LogP contribution in [0.4, 0.5) is 0 Å². The number of aromatic amines is 1. The lowest BCUT2D eigenvalue weighted by atomic mass is 10.0. The second-order valence-corrected chi connectivity index (χ2v) is 7.02. The van der Waals surface area contributed by atoms with Crippen LogP contribution < -0.4 is 0 Å². The maximum absolute atomic E-state index is 6.41. The van der Waals surface area contributed by atoms with Crippen molar-refractivity contribution in [3.8, 4) is 22.6 Å². The maximum atomic E-state index is 6.41. The van der Waals surface area contributed by atoms with Gasteiger partial charge in [-0.1, -0.05) is 41.4 Å². The van der Waals surface area contributed by atoms with Gasteiger partial charge in [-0.15, -0.1) is 0 Å². The molecule has 4 aromatic rings. The Morgan fingerprint density at radius 3 is 2.65 bits per heavy atom. The zero-order chi connectivity index (χ0) is 18.3. The number of nitrogens with one attached hydrogen (secondary N) is 1. The fourth-order valence-corrected chi connectivity index (χ4v) is 3.78. The summed E-state index contributed by atoms with van der Waals surface area (Å²) in [6.45, 7) is 2.76. The standard InChI is InChI=1S/C19H14Cl2N4S/c1-2-25-18(23-24-19(25)26)14-10-17(13-8-7-11(20)9-15(13)21)22-16-6-4-3-5-12(14)16/h3-10H,2H2,1H3,(H,24,26). The van der Waals surface area contributed by atoms with E-state index in [1.807, 2.05) is 47.9 Å².